The summed E-state index contributed by atoms with van der Waals surface area (Å²) in [5.41, 5.74) is 5.82. The Hall–Kier alpha value is -4.64. The monoisotopic (exact) mass is 904 g/mol. The zero-order chi connectivity index (χ0) is 38.2. The zero-order valence-corrected chi connectivity index (χ0v) is 35.3. The molecule has 270 valence electrons. The summed E-state index contributed by atoms with van der Waals surface area (Å²) in [7, 11) is -1.41. The van der Waals surface area contributed by atoms with Gasteiger partial charge in [0, 0.05) is 75.2 Å². The van der Waals surface area contributed by atoms with Crippen LogP contribution in [0.4, 0.5) is 0 Å². The largest absolute Gasteiger partial charge is 0.489 e. The molecule has 56 heavy (non-hydrogen) atoms. The highest BCUT2D eigenvalue weighted by atomic mass is 79.9. The molecule has 0 radical (unpaired) electrons. The minimum Gasteiger partial charge on any atom is -0.423 e. The van der Waals surface area contributed by atoms with Gasteiger partial charge in [0.05, 0.1) is 0 Å². The molecule has 3 aromatic heterocycles. The number of halogens is 2. The van der Waals surface area contributed by atoms with Crippen molar-refractivity contribution in [2.75, 3.05) is 0 Å². The smallest absolute Gasteiger partial charge is 0.423 e. The van der Waals surface area contributed by atoms with Crippen molar-refractivity contribution in [2.45, 2.75) is 0 Å². The molecule has 2 N–H and O–H groups in total. The van der Waals surface area contributed by atoms with Crippen LogP contribution in [0.3, 0.4) is 0 Å². The second kappa shape index (κ2) is 16.1. The summed E-state index contributed by atoms with van der Waals surface area (Å²) in [4.78, 5) is 0. The number of rotatable bonds is 3. The van der Waals surface area contributed by atoms with E-state index in [1.807, 2.05) is 77.3 Å². The van der Waals surface area contributed by atoms with Crippen molar-refractivity contribution in [1.29, 1.82) is 0 Å². The van der Waals surface area contributed by atoms with E-state index in [9.17, 15) is 10.0 Å². The molecule has 0 aliphatic rings. The van der Waals surface area contributed by atoms with Gasteiger partial charge in [-0.1, -0.05) is 146 Å². The fourth-order valence-electron chi connectivity index (χ4n) is 7.28. The fourth-order valence-corrected chi connectivity index (χ4v) is 11.5. The average Bonchev–Trinajstić information content (AvgIpc) is 3.94. The van der Waals surface area contributed by atoms with Gasteiger partial charge in [0.2, 0.25) is 0 Å². The summed E-state index contributed by atoms with van der Waals surface area (Å²) in [6, 6.07) is 61.5. The average molecular weight is 907 g/mol. The summed E-state index contributed by atoms with van der Waals surface area (Å²) in [6.07, 6.45) is 0. The number of thiophene rings is 3. The summed E-state index contributed by atoms with van der Waals surface area (Å²) in [5, 5.41) is 26.3. The van der Waals surface area contributed by atoms with Crippen molar-refractivity contribution >= 4 is 139 Å². The Morgan fingerprint density at radius 3 is 1.07 bits per heavy atom. The maximum absolute atomic E-state index is 9.31. The quantitative estimate of drug-likeness (QED) is 0.173. The third-order valence-electron chi connectivity index (χ3n) is 9.85. The van der Waals surface area contributed by atoms with Crippen molar-refractivity contribution in [3.63, 3.8) is 0 Å². The maximum Gasteiger partial charge on any atom is 0.489 e. The molecular formula is C48H31BBr2O2S3. The van der Waals surface area contributed by atoms with Crippen LogP contribution in [0.2, 0.25) is 0 Å². The Kier molecular flexibility index (Phi) is 10.6. The van der Waals surface area contributed by atoms with Gasteiger partial charge in [0.15, 0.2) is 0 Å². The maximum atomic E-state index is 9.31. The second-order valence-corrected chi connectivity index (χ2v) is 18.1. The number of benzene rings is 8. The van der Waals surface area contributed by atoms with Gasteiger partial charge in [-0.05, 0) is 84.2 Å². The molecule has 0 spiro atoms. The lowest BCUT2D eigenvalue weighted by molar-refractivity contribution is 0.426. The predicted octanol–water partition coefficient (Wildman–Crippen LogP) is 14.7. The molecule has 0 saturated carbocycles. The predicted molar refractivity (Wildman–Crippen MR) is 254 cm³/mol. The molecule has 0 aliphatic heterocycles. The third kappa shape index (κ3) is 7.01. The van der Waals surface area contributed by atoms with Crippen LogP contribution >= 0.6 is 65.9 Å². The van der Waals surface area contributed by atoms with E-state index in [0.29, 0.717) is 5.46 Å². The molecule has 0 fully saturated rings. The first-order valence-electron chi connectivity index (χ1n) is 18.0. The van der Waals surface area contributed by atoms with E-state index >= 15 is 0 Å². The van der Waals surface area contributed by atoms with Crippen LogP contribution < -0.4 is 5.46 Å². The molecule has 0 aliphatic carbocycles. The van der Waals surface area contributed by atoms with E-state index in [1.165, 1.54) is 72.7 Å². The van der Waals surface area contributed by atoms with E-state index in [-0.39, 0.29) is 0 Å². The van der Waals surface area contributed by atoms with Gasteiger partial charge in [-0.2, -0.15) is 0 Å². The van der Waals surface area contributed by atoms with Gasteiger partial charge >= 0.3 is 7.12 Å². The van der Waals surface area contributed by atoms with E-state index in [4.69, 9.17) is 0 Å². The van der Waals surface area contributed by atoms with Crippen LogP contribution in [0.1, 0.15) is 0 Å². The Balaban J connectivity index is 0.000000141. The highest BCUT2D eigenvalue weighted by molar-refractivity contribution is 9.13. The minimum atomic E-state index is -1.41. The molecule has 3 heterocycles. The summed E-state index contributed by atoms with van der Waals surface area (Å²) < 4.78 is 9.75. The first kappa shape index (κ1) is 37.0. The Bertz CT molecular complexity index is 3030. The minimum absolute atomic E-state index is 0.582. The lowest BCUT2D eigenvalue weighted by Gasteiger charge is -2.12. The Labute approximate surface area is 353 Å². The Morgan fingerprint density at radius 1 is 0.321 bits per heavy atom. The van der Waals surface area contributed by atoms with Gasteiger partial charge < -0.3 is 10.0 Å². The van der Waals surface area contributed by atoms with E-state index in [1.54, 1.807) is 17.4 Å². The van der Waals surface area contributed by atoms with Crippen LogP contribution in [0.5, 0.6) is 0 Å². The normalized spacial score (nSPS) is 11.2. The summed E-state index contributed by atoms with van der Waals surface area (Å²) in [6.45, 7) is 0. The highest BCUT2D eigenvalue weighted by Crippen LogP contribution is 2.46. The van der Waals surface area contributed by atoms with Gasteiger partial charge in [-0.25, -0.2) is 0 Å². The van der Waals surface area contributed by atoms with E-state index < -0.39 is 7.12 Å². The third-order valence-corrected chi connectivity index (χ3v) is 15.4. The van der Waals surface area contributed by atoms with Crippen molar-refractivity contribution < 1.29 is 10.0 Å². The number of hydrogen-bond donors (Lipinski definition) is 2. The fraction of sp³-hybridized carbons (Fsp3) is 0. The number of fused-ring (bicyclic) bond motifs is 9. The van der Waals surface area contributed by atoms with Crippen molar-refractivity contribution in [2.24, 2.45) is 0 Å². The van der Waals surface area contributed by atoms with Crippen molar-refractivity contribution in [3.05, 3.63) is 185 Å². The topological polar surface area (TPSA) is 40.5 Å². The first-order valence-corrected chi connectivity index (χ1v) is 22.1. The van der Waals surface area contributed by atoms with Crippen molar-refractivity contribution in [3.8, 4) is 22.3 Å². The summed E-state index contributed by atoms with van der Waals surface area (Å²) >= 11 is 12.1. The van der Waals surface area contributed by atoms with E-state index in [0.717, 1.165) is 19.0 Å². The van der Waals surface area contributed by atoms with Crippen LogP contribution in [0, 0.1) is 0 Å². The molecule has 0 atom stereocenters. The SMILES string of the molecule is Brc1ccccc1Br.OB(O)c1cccc2c1sc1ccccc12.c1ccc(-c2cccc3c2sc2ccccc23)c(-c2cccc3c2sc2ccccc23)c1. The Morgan fingerprint density at radius 2 is 0.643 bits per heavy atom. The lowest BCUT2D eigenvalue weighted by Crippen LogP contribution is -2.29. The molecule has 8 aromatic carbocycles. The molecule has 2 nitrogen and oxygen atoms in total. The second-order valence-electron chi connectivity index (χ2n) is 13.2. The van der Waals surface area contributed by atoms with Crippen molar-refractivity contribution in [1.82, 2.24) is 0 Å². The van der Waals surface area contributed by atoms with Gasteiger partial charge in [0.25, 0.3) is 0 Å². The molecule has 8 heteroatoms. The molecule has 0 amide bonds. The van der Waals surface area contributed by atoms with Gasteiger partial charge in [-0.15, -0.1) is 34.0 Å². The molecule has 11 aromatic rings. The van der Waals surface area contributed by atoms with Crippen LogP contribution in [-0.4, -0.2) is 17.2 Å². The van der Waals surface area contributed by atoms with E-state index in [2.05, 4.69) is 147 Å². The standard InChI is InChI=1S/C30H18S2.C12H9BO2S.C6H4Br2/c1-2-10-20(24-14-8-16-26-22-12-4-6-18-28(22)32-30(24)26)19(9-1)23-13-7-15-25-21-11-3-5-17-27(21)31-29(23)25;14-13(15)10-6-3-5-9-8-4-1-2-7-11(8)16-12(9)10;7-5-3-1-2-4-6(5)8/h1-18H;1-7,14-15H;1-4H. The molecular weight excluding hydrogens is 875 g/mol. The highest BCUT2D eigenvalue weighted by Gasteiger charge is 2.18. The molecule has 0 saturated heterocycles. The first-order chi connectivity index (χ1) is 27.5. The van der Waals surface area contributed by atoms with Crippen LogP contribution in [0.25, 0.3) is 82.8 Å². The van der Waals surface area contributed by atoms with Crippen LogP contribution in [0.15, 0.2) is 185 Å². The molecule has 11 rings (SSSR count). The van der Waals surface area contributed by atoms with Gasteiger partial charge in [-0.3, -0.25) is 0 Å². The number of hydrogen-bond acceptors (Lipinski definition) is 5. The summed E-state index contributed by atoms with van der Waals surface area (Å²) in [5.74, 6) is 0. The molecule has 0 unspecified atom stereocenters. The lowest BCUT2D eigenvalue weighted by atomic mass is 9.80. The molecule has 0 bridgehead atoms. The van der Waals surface area contributed by atoms with Crippen LogP contribution in [-0.2, 0) is 0 Å². The van der Waals surface area contributed by atoms with Gasteiger partial charge in [0.1, 0.15) is 0 Å². The zero-order valence-electron chi connectivity index (χ0n) is 29.7.